The molecule has 0 aliphatic rings. The summed E-state index contributed by atoms with van der Waals surface area (Å²) in [6.45, 7) is 1.52. The average molecular weight is 407 g/mol. The predicted molar refractivity (Wildman–Crippen MR) is 83.2 cm³/mol. The second kappa shape index (κ2) is 7.16. The number of hydrogen-bond acceptors (Lipinski definition) is 4. The lowest BCUT2D eigenvalue weighted by Crippen LogP contribution is -2.20. The number of nitrogens with one attached hydrogen (secondary N) is 1. The van der Waals surface area contributed by atoms with Crippen LogP contribution < -0.4 is 5.43 Å². The van der Waals surface area contributed by atoms with Crippen LogP contribution in [0.25, 0.3) is 0 Å². The summed E-state index contributed by atoms with van der Waals surface area (Å²) < 4.78 is 41.1. The van der Waals surface area contributed by atoms with Gasteiger partial charge in [0.2, 0.25) is 5.91 Å². The van der Waals surface area contributed by atoms with Crippen LogP contribution in [0.3, 0.4) is 0 Å². The molecule has 0 fully saturated rings. The molecule has 0 saturated carbocycles. The van der Waals surface area contributed by atoms with Gasteiger partial charge in [-0.25, -0.2) is 5.43 Å². The molecule has 0 unspecified atom stereocenters. The highest BCUT2D eigenvalue weighted by Crippen LogP contribution is 2.28. The topological polar surface area (TPSA) is 77.1 Å². The third-order valence-corrected chi connectivity index (χ3v) is 3.75. The highest BCUT2D eigenvalue weighted by Gasteiger charge is 2.34. The fourth-order valence-electron chi connectivity index (χ4n) is 1.87. The van der Waals surface area contributed by atoms with Crippen LogP contribution in [0.4, 0.5) is 13.2 Å². The number of alkyl halides is 3. The van der Waals surface area contributed by atoms with Crippen molar-refractivity contribution in [2.45, 2.75) is 26.1 Å². The summed E-state index contributed by atoms with van der Waals surface area (Å²) in [5, 5.41) is 11.2. The minimum atomic E-state index is -4.50. The molecule has 11 heteroatoms. The fourth-order valence-corrected chi connectivity index (χ4v) is 2.32. The Hall–Kier alpha value is -2.17. The van der Waals surface area contributed by atoms with Gasteiger partial charge in [0.05, 0.1) is 29.1 Å². The van der Waals surface area contributed by atoms with E-state index in [1.165, 1.54) is 13.1 Å². The monoisotopic (exact) mass is 406 g/mol. The maximum atomic E-state index is 12.6. The van der Waals surface area contributed by atoms with Crippen LogP contribution in [0.15, 0.2) is 21.8 Å². The standard InChI is InChI=1S/C13H14BrF3N6O/c1-8-5-11(13(15,16)17)21-23(8)4-3-12(24)20-18-7-10-9(14)6-19-22(10)2/h5-7H,3-4H2,1-2H3,(H,20,24)/b18-7+. The van der Waals surface area contributed by atoms with Gasteiger partial charge in [0.25, 0.3) is 0 Å². The van der Waals surface area contributed by atoms with Crippen molar-refractivity contribution >= 4 is 28.1 Å². The number of carbonyl (C=O) groups is 1. The normalized spacial score (nSPS) is 12.1. The number of nitrogens with zero attached hydrogens (tertiary/aromatic N) is 5. The number of carbonyl (C=O) groups excluding carboxylic acids is 1. The van der Waals surface area contributed by atoms with E-state index in [-0.39, 0.29) is 13.0 Å². The van der Waals surface area contributed by atoms with Crippen molar-refractivity contribution in [3.05, 3.63) is 33.8 Å². The van der Waals surface area contributed by atoms with Crippen molar-refractivity contribution in [1.82, 2.24) is 25.0 Å². The molecule has 24 heavy (non-hydrogen) atoms. The fraction of sp³-hybridized carbons (Fsp3) is 0.385. The number of halogens is 4. The molecule has 2 aromatic rings. The van der Waals surface area contributed by atoms with E-state index in [4.69, 9.17) is 0 Å². The van der Waals surface area contributed by atoms with E-state index in [1.807, 2.05) is 0 Å². The van der Waals surface area contributed by atoms with Crippen LogP contribution in [0.5, 0.6) is 0 Å². The smallest absolute Gasteiger partial charge is 0.273 e. The molecule has 7 nitrogen and oxygen atoms in total. The van der Waals surface area contributed by atoms with Crippen molar-refractivity contribution in [2.75, 3.05) is 0 Å². The van der Waals surface area contributed by atoms with Crippen LogP contribution in [0.1, 0.15) is 23.5 Å². The van der Waals surface area contributed by atoms with Crippen molar-refractivity contribution in [3.8, 4) is 0 Å². The summed E-state index contributed by atoms with van der Waals surface area (Å²) in [6, 6.07) is 0.940. The number of rotatable bonds is 5. The van der Waals surface area contributed by atoms with E-state index in [2.05, 4.69) is 36.7 Å². The Balaban J connectivity index is 1.89. The van der Waals surface area contributed by atoms with E-state index in [1.54, 1.807) is 17.9 Å². The van der Waals surface area contributed by atoms with E-state index in [9.17, 15) is 18.0 Å². The Morgan fingerprint density at radius 3 is 2.75 bits per heavy atom. The van der Waals surface area contributed by atoms with Crippen molar-refractivity contribution < 1.29 is 18.0 Å². The Morgan fingerprint density at radius 1 is 1.50 bits per heavy atom. The molecule has 0 radical (unpaired) electrons. The van der Waals surface area contributed by atoms with Gasteiger partial charge < -0.3 is 0 Å². The van der Waals surface area contributed by atoms with E-state index in [0.29, 0.717) is 11.4 Å². The second-order valence-corrected chi connectivity index (χ2v) is 5.79. The quantitative estimate of drug-likeness (QED) is 0.610. The summed E-state index contributed by atoms with van der Waals surface area (Å²) >= 11 is 3.28. The Bertz CT molecular complexity index is 745. The van der Waals surface area contributed by atoms with Gasteiger partial charge in [0, 0.05) is 19.2 Å². The minimum Gasteiger partial charge on any atom is -0.273 e. The van der Waals surface area contributed by atoms with Crippen molar-refractivity contribution in [1.29, 1.82) is 0 Å². The van der Waals surface area contributed by atoms with Gasteiger partial charge >= 0.3 is 6.18 Å². The van der Waals surface area contributed by atoms with Gasteiger partial charge in [-0.1, -0.05) is 0 Å². The van der Waals surface area contributed by atoms with Crippen LogP contribution in [0, 0.1) is 6.92 Å². The first-order chi connectivity index (χ1) is 11.2. The van der Waals surface area contributed by atoms with E-state index >= 15 is 0 Å². The zero-order chi connectivity index (χ0) is 17.9. The van der Waals surface area contributed by atoms with Crippen molar-refractivity contribution in [2.24, 2.45) is 12.1 Å². The molecule has 1 N–H and O–H groups in total. The number of aryl methyl sites for hydroxylation is 3. The summed E-state index contributed by atoms with van der Waals surface area (Å²) in [4.78, 5) is 11.7. The van der Waals surface area contributed by atoms with Gasteiger partial charge in [-0.15, -0.1) is 0 Å². The molecule has 0 aromatic carbocycles. The van der Waals surface area contributed by atoms with E-state index in [0.717, 1.165) is 15.2 Å². The van der Waals surface area contributed by atoms with Crippen molar-refractivity contribution in [3.63, 3.8) is 0 Å². The van der Waals surface area contributed by atoms with Crippen LogP contribution in [0.2, 0.25) is 0 Å². The predicted octanol–water partition coefficient (Wildman–Crippen LogP) is 2.25. The molecule has 2 aromatic heterocycles. The zero-order valence-corrected chi connectivity index (χ0v) is 14.4. The lowest BCUT2D eigenvalue weighted by molar-refractivity contribution is -0.141. The highest BCUT2D eigenvalue weighted by atomic mass is 79.9. The minimum absolute atomic E-state index is 0.0265. The third-order valence-electron chi connectivity index (χ3n) is 3.14. The van der Waals surface area contributed by atoms with Gasteiger partial charge in [0.1, 0.15) is 0 Å². The van der Waals surface area contributed by atoms with Crippen LogP contribution >= 0.6 is 15.9 Å². The molecule has 0 aliphatic carbocycles. The van der Waals surface area contributed by atoms with Crippen LogP contribution in [-0.2, 0) is 24.6 Å². The molecule has 130 valence electrons. The highest BCUT2D eigenvalue weighted by molar-refractivity contribution is 9.10. The largest absolute Gasteiger partial charge is 0.435 e. The third kappa shape index (κ3) is 4.43. The molecule has 0 bridgehead atoms. The number of aromatic nitrogens is 4. The number of hydrazone groups is 1. The Labute approximate surface area is 143 Å². The van der Waals surface area contributed by atoms with Gasteiger partial charge in [0.15, 0.2) is 5.69 Å². The first-order valence-electron chi connectivity index (χ1n) is 6.79. The first-order valence-corrected chi connectivity index (χ1v) is 7.59. The summed E-state index contributed by atoms with van der Waals surface area (Å²) in [7, 11) is 1.71. The number of hydrogen-bond donors (Lipinski definition) is 1. The molecule has 0 aliphatic heterocycles. The average Bonchev–Trinajstić information content (AvgIpc) is 3.01. The molecule has 0 spiro atoms. The Morgan fingerprint density at radius 2 is 2.21 bits per heavy atom. The molecule has 2 rings (SSSR count). The molecule has 0 saturated heterocycles. The van der Waals surface area contributed by atoms with Gasteiger partial charge in [-0.3, -0.25) is 14.2 Å². The second-order valence-electron chi connectivity index (χ2n) is 4.94. The van der Waals surface area contributed by atoms with E-state index < -0.39 is 17.8 Å². The molecular weight excluding hydrogens is 393 g/mol. The Kier molecular flexibility index (Phi) is 5.42. The summed E-state index contributed by atoms with van der Waals surface area (Å²) in [5.74, 6) is -0.437. The summed E-state index contributed by atoms with van der Waals surface area (Å²) in [6.07, 6.45) is -1.55. The lowest BCUT2D eigenvalue weighted by atomic mass is 10.3. The maximum Gasteiger partial charge on any atom is 0.435 e. The molecule has 2 heterocycles. The lowest BCUT2D eigenvalue weighted by Gasteiger charge is -2.04. The first kappa shape index (κ1) is 18.2. The molecular formula is C13H14BrF3N6O. The molecule has 1 amide bonds. The zero-order valence-electron chi connectivity index (χ0n) is 12.8. The summed E-state index contributed by atoms with van der Waals surface area (Å²) in [5.41, 5.74) is 2.33. The SMILES string of the molecule is Cc1cc(C(F)(F)F)nn1CCC(=O)N/N=C/c1c(Br)cnn1C. The molecule has 0 atom stereocenters. The van der Waals surface area contributed by atoms with Gasteiger partial charge in [-0.2, -0.15) is 28.5 Å². The maximum absolute atomic E-state index is 12.6. The number of amides is 1. The van der Waals surface area contributed by atoms with Crippen LogP contribution in [-0.4, -0.2) is 31.7 Å². The van der Waals surface area contributed by atoms with Gasteiger partial charge in [-0.05, 0) is 28.9 Å².